The first kappa shape index (κ1) is 19.6. The van der Waals surface area contributed by atoms with Crippen molar-refractivity contribution < 1.29 is 14.3 Å². The molecule has 0 radical (unpaired) electrons. The number of aryl methyl sites for hydroxylation is 1. The maximum absolute atomic E-state index is 12.8. The summed E-state index contributed by atoms with van der Waals surface area (Å²) in [5, 5.41) is 3.06. The fourth-order valence-electron chi connectivity index (χ4n) is 2.72. The smallest absolute Gasteiger partial charge is 0.318 e. The van der Waals surface area contributed by atoms with Crippen LogP contribution in [0.5, 0.6) is 11.5 Å². The van der Waals surface area contributed by atoms with Gasteiger partial charge in [0.2, 0.25) is 0 Å². The average molecular weight is 360 g/mol. The van der Waals surface area contributed by atoms with Gasteiger partial charge in [-0.3, -0.25) is 0 Å². The number of hydrogen-bond acceptors (Lipinski definition) is 4. The lowest BCUT2D eigenvalue weighted by molar-refractivity contribution is 0.190. The van der Waals surface area contributed by atoms with E-state index in [9.17, 15) is 4.79 Å². The maximum Gasteiger partial charge on any atom is 0.318 e. The summed E-state index contributed by atoms with van der Waals surface area (Å²) in [5.41, 5.74) is 0.949. The first-order valence-corrected chi connectivity index (χ1v) is 8.73. The number of carbonyl (C=O) groups is 1. The van der Waals surface area contributed by atoms with Crippen molar-refractivity contribution in [2.24, 2.45) is 7.05 Å². The highest BCUT2D eigenvalue weighted by atomic mass is 16.5. The molecule has 2 rings (SSSR count). The zero-order valence-electron chi connectivity index (χ0n) is 16.2. The number of nitrogens with zero attached hydrogens (tertiary/aromatic N) is 3. The van der Waals surface area contributed by atoms with Crippen LogP contribution in [0.25, 0.3) is 0 Å². The molecule has 0 aliphatic rings. The van der Waals surface area contributed by atoms with Crippen LogP contribution < -0.4 is 14.8 Å². The largest absolute Gasteiger partial charge is 0.493 e. The molecule has 0 aliphatic heterocycles. The van der Waals surface area contributed by atoms with Crippen molar-refractivity contribution >= 4 is 6.03 Å². The van der Waals surface area contributed by atoms with Gasteiger partial charge in [0, 0.05) is 26.0 Å². The van der Waals surface area contributed by atoms with Crippen LogP contribution in [0.4, 0.5) is 4.79 Å². The highest BCUT2D eigenvalue weighted by Gasteiger charge is 2.19. The molecule has 1 aromatic carbocycles. The van der Waals surface area contributed by atoms with E-state index in [-0.39, 0.29) is 12.1 Å². The van der Waals surface area contributed by atoms with Gasteiger partial charge in [0.25, 0.3) is 0 Å². The predicted molar refractivity (Wildman–Crippen MR) is 100 cm³/mol. The van der Waals surface area contributed by atoms with Gasteiger partial charge in [-0.05, 0) is 31.0 Å². The Morgan fingerprint density at radius 2 is 2.04 bits per heavy atom. The molecular weight excluding hydrogens is 332 g/mol. The van der Waals surface area contributed by atoms with Crippen LogP contribution in [0.2, 0.25) is 0 Å². The Morgan fingerprint density at radius 1 is 1.31 bits per heavy atom. The van der Waals surface area contributed by atoms with Gasteiger partial charge >= 0.3 is 6.03 Å². The summed E-state index contributed by atoms with van der Waals surface area (Å²) in [6.45, 7) is 5.14. The second-order valence-corrected chi connectivity index (χ2v) is 6.16. The van der Waals surface area contributed by atoms with Crippen molar-refractivity contribution in [3.05, 3.63) is 42.0 Å². The molecule has 2 aromatic rings. The fourth-order valence-corrected chi connectivity index (χ4v) is 2.72. The van der Waals surface area contributed by atoms with Crippen LogP contribution in [-0.4, -0.2) is 41.2 Å². The third-order valence-corrected chi connectivity index (χ3v) is 4.28. The highest BCUT2D eigenvalue weighted by molar-refractivity contribution is 5.74. The van der Waals surface area contributed by atoms with Gasteiger partial charge in [-0.25, -0.2) is 9.78 Å². The van der Waals surface area contributed by atoms with Crippen molar-refractivity contribution in [3.8, 4) is 11.5 Å². The Bertz CT molecular complexity index is 729. The lowest BCUT2D eigenvalue weighted by atomic mass is 10.1. The molecule has 1 atom stereocenters. The second-order valence-electron chi connectivity index (χ2n) is 6.16. The van der Waals surface area contributed by atoms with E-state index in [0.29, 0.717) is 24.6 Å². The fraction of sp³-hybridized carbons (Fsp3) is 0.474. The lowest BCUT2D eigenvalue weighted by Crippen LogP contribution is -2.41. The van der Waals surface area contributed by atoms with E-state index in [1.54, 1.807) is 25.3 Å². The van der Waals surface area contributed by atoms with Crippen molar-refractivity contribution in [1.29, 1.82) is 0 Å². The molecule has 0 aliphatic carbocycles. The van der Waals surface area contributed by atoms with Crippen molar-refractivity contribution in [3.63, 3.8) is 0 Å². The molecule has 0 saturated heterocycles. The number of nitrogens with one attached hydrogen (secondary N) is 1. The number of benzene rings is 1. The third kappa shape index (κ3) is 4.68. The summed E-state index contributed by atoms with van der Waals surface area (Å²) in [6.07, 6.45) is 4.50. The molecule has 1 heterocycles. The van der Waals surface area contributed by atoms with Gasteiger partial charge in [0.15, 0.2) is 11.5 Å². The third-order valence-electron chi connectivity index (χ3n) is 4.28. The molecule has 26 heavy (non-hydrogen) atoms. The number of imidazole rings is 1. The van der Waals surface area contributed by atoms with Crippen molar-refractivity contribution in [2.45, 2.75) is 32.9 Å². The Hall–Kier alpha value is -2.70. The van der Waals surface area contributed by atoms with E-state index in [0.717, 1.165) is 17.8 Å². The van der Waals surface area contributed by atoms with Gasteiger partial charge < -0.3 is 24.3 Å². The molecule has 0 fully saturated rings. The molecule has 1 aromatic heterocycles. The summed E-state index contributed by atoms with van der Waals surface area (Å²) < 4.78 is 12.5. The molecule has 7 nitrogen and oxygen atoms in total. The maximum atomic E-state index is 12.8. The van der Waals surface area contributed by atoms with E-state index < -0.39 is 0 Å². The number of ether oxygens (including phenoxy) is 2. The summed E-state index contributed by atoms with van der Waals surface area (Å²) >= 11 is 0. The average Bonchev–Trinajstić information content (AvgIpc) is 3.05. The van der Waals surface area contributed by atoms with Crippen LogP contribution in [0.15, 0.2) is 30.6 Å². The van der Waals surface area contributed by atoms with E-state index in [2.05, 4.69) is 17.2 Å². The first-order chi connectivity index (χ1) is 12.5. The minimum Gasteiger partial charge on any atom is -0.493 e. The molecule has 2 amide bonds. The number of hydrogen-bond donors (Lipinski definition) is 1. The summed E-state index contributed by atoms with van der Waals surface area (Å²) in [7, 11) is 5.13. The molecular formula is C19H28N4O3. The minimum atomic E-state index is -0.164. The molecule has 142 valence electrons. The Balaban J connectivity index is 2.09. The molecule has 7 heteroatoms. The van der Waals surface area contributed by atoms with Gasteiger partial charge in [-0.1, -0.05) is 13.0 Å². The SMILES string of the molecule is CCCN(Cc1nccn1C)C(=O)NC(C)c1ccc(OC)c(OC)c1. The number of urea groups is 1. The first-order valence-electron chi connectivity index (χ1n) is 8.73. The number of rotatable bonds is 8. The van der Waals surface area contributed by atoms with E-state index in [1.807, 2.05) is 42.9 Å². The number of aromatic nitrogens is 2. The van der Waals surface area contributed by atoms with Gasteiger partial charge in [0.1, 0.15) is 5.82 Å². The minimum absolute atomic E-state index is 0.114. The molecule has 0 spiro atoms. The normalized spacial score (nSPS) is 11.7. The van der Waals surface area contributed by atoms with E-state index >= 15 is 0 Å². The van der Waals surface area contributed by atoms with Crippen LogP contribution in [0, 0.1) is 0 Å². The van der Waals surface area contributed by atoms with Crippen LogP contribution in [0.3, 0.4) is 0 Å². The molecule has 1 unspecified atom stereocenters. The summed E-state index contributed by atoms with van der Waals surface area (Å²) in [6, 6.07) is 5.37. The Kier molecular flexibility index (Phi) is 6.89. The predicted octanol–water partition coefficient (Wildman–Crippen LogP) is 3.12. The standard InChI is InChI=1S/C19H28N4O3/c1-6-10-23(13-18-20-9-11-22(18)3)19(24)21-14(2)15-7-8-16(25-4)17(12-15)26-5/h7-9,11-12,14H,6,10,13H2,1-5H3,(H,21,24). The van der Waals surface area contributed by atoms with Crippen molar-refractivity contribution in [1.82, 2.24) is 19.8 Å². The summed E-state index contributed by atoms with van der Waals surface area (Å²) in [4.78, 5) is 18.8. The molecule has 1 N–H and O–H groups in total. The zero-order valence-corrected chi connectivity index (χ0v) is 16.2. The number of methoxy groups -OCH3 is 2. The lowest BCUT2D eigenvalue weighted by Gasteiger charge is -2.25. The number of amides is 2. The second kappa shape index (κ2) is 9.12. The molecule has 0 saturated carbocycles. The van der Waals surface area contributed by atoms with Gasteiger partial charge in [-0.15, -0.1) is 0 Å². The Morgan fingerprint density at radius 3 is 2.62 bits per heavy atom. The van der Waals surface area contributed by atoms with E-state index in [1.165, 1.54) is 0 Å². The van der Waals surface area contributed by atoms with Crippen LogP contribution in [-0.2, 0) is 13.6 Å². The van der Waals surface area contributed by atoms with E-state index in [4.69, 9.17) is 9.47 Å². The zero-order chi connectivity index (χ0) is 19.1. The quantitative estimate of drug-likeness (QED) is 0.785. The Labute approximate surface area is 154 Å². The monoisotopic (exact) mass is 360 g/mol. The topological polar surface area (TPSA) is 68.6 Å². The van der Waals surface area contributed by atoms with Gasteiger partial charge in [-0.2, -0.15) is 0 Å². The molecule has 0 bridgehead atoms. The highest BCUT2D eigenvalue weighted by Crippen LogP contribution is 2.29. The van der Waals surface area contributed by atoms with Crippen molar-refractivity contribution in [2.75, 3.05) is 20.8 Å². The van der Waals surface area contributed by atoms with Crippen LogP contribution in [0.1, 0.15) is 37.7 Å². The van der Waals surface area contributed by atoms with Gasteiger partial charge in [0.05, 0.1) is 26.8 Å². The van der Waals surface area contributed by atoms with Crippen LogP contribution >= 0.6 is 0 Å². The summed E-state index contributed by atoms with van der Waals surface area (Å²) in [5.74, 6) is 2.16. The number of carbonyl (C=O) groups excluding carboxylic acids is 1.